The van der Waals surface area contributed by atoms with E-state index in [2.05, 4.69) is 24.6 Å². The van der Waals surface area contributed by atoms with Gasteiger partial charge in [0.15, 0.2) is 0 Å². The van der Waals surface area contributed by atoms with Gasteiger partial charge in [-0.15, -0.1) is 24.0 Å². The molecule has 3 nitrogen and oxygen atoms in total. The Morgan fingerprint density at radius 1 is 1.39 bits per heavy atom. The molecular weight excluding hydrogens is 264 g/mol. The summed E-state index contributed by atoms with van der Waals surface area (Å²) in [4.78, 5) is 18.6. The number of likely N-dealkylation sites (tertiary alicyclic amines) is 1. The zero-order valence-electron chi connectivity index (χ0n) is 10.5. The van der Waals surface area contributed by atoms with Gasteiger partial charge >= 0.3 is 0 Å². The van der Waals surface area contributed by atoms with Gasteiger partial charge in [0.25, 0.3) is 5.91 Å². The molecule has 5 heteroatoms. The van der Waals surface area contributed by atoms with E-state index < -0.39 is 0 Å². The fourth-order valence-corrected chi connectivity index (χ4v) is 4.20. The van der Waals surface area contributed by atoms with E-state index in [-0.39, 0.29) is 5.91 Å². The molecule has 0 aromatic carbocycles. The van der Waals surface area contributed by atoms with E-state index in [0.717, 1.165) is 29.3 Å². The Morgan fingerprint density at radius 2 is 2.17 bits per heavy atom. The highest BCUT2D eigenvalue weighted by atomic mass is 32.1. The van der Waals surface area contributed by atoms with Crippen LogP contribution >= 0.6 is 24.0 Å². The number of hydrogen-bond acceptors (Lipinski definition) is 4. The number of amides is 1. The zero-order valence-corrected chi connectivity index (χ0v) is 12.2. The predicted octanol–water partition coefficient (Wildman–Crippen LogP) is 2.35. The number of likely N-dealkylation sites (N-methyl/N-ethyl adjacent to an activating group) is 1. The number of nitrogens with zero attached hydrogens (tertiary/aromatic N) is 2. The molecule has 1 aromatic rings. The molecule has 2 atom stereocenters. The molecule has 18 heavy (non-hydrogen) atoms. The second-order valence-electron chi connectivity index (χ2n) is 5.26. The minimum atomic E-state index is 0.182. The summed E-state index contributed by atoms with van der Waals surface area (Å²) in [6, 6.07) is 3.11. The van der Waals surface area contributed by atoms with Crippen molar-refractivity contribution in [3.8, 4) is 0 Å². The van der Waals surface area contributed by atoms with Crippen LogP contribution in [0.5, 0.6) is 0 Å². The van der Waals surface area contributed by atoms with Crippen molar-refractivity contribution in [2.24, 2.45) is 0 Å². The second-order valence-corrected chi connectivity index (χ2v) is 6.69. The van der Waals surface area contributed by atoms with Crippen molar-refractivity contribution in [2.75, 3.05) is 20.1 Å². The van der Waals surface area contributed by atoms with Gasteiger partial charge < -0.3 is 4.90 Å². The molecule has 3 rings (SSSR count). The molecule has 2 aliphatic heterocycles. The Bertz CT molecular complexity index is 460. The zero-order chi connectivity index (χ0) is 12.7. The second kappa shape index (κ2) is 4.87. The smallest absolute Gasteiger partial charge is 0.264 e. The summed E-state index contributed by atoms with van der Waals surface area (Å²) in [7, 11) is 2.20. The van der Waals surface area contributed by atoms with Gasteiger partial charge in [-0.25, -0.2) is 0 Å². The number of hydrogen-bond donors (Lipinski definition) is 1. The van der Waals surface area contributed by atoms with Crippen molar-refractivity contribution < 1.29 is 4.79 Å². The van der Waals surface area contributed by atoms with Crippen molar-refractivity contribution in [3.63, 3.8) is 0 Å². The lowest BCUT2D eigenvalue weighted by molar-refractivity contribution is 0.0745. The molecule has 3 heterocycles. The fraction of sp³-hybridized carbons (Fsp3) is 0.615. The molecule has 1 aromatic heterocycles. The van der Waals surface area contributed by atoms with Crippen molar-refractivity contribution in [3.05, 3.63) is 16.3 Å². The Balaban J connectivity index is 1.75. The van der Waals surface area contributed by atoms with Gasteiger partial charge in [0.2, 0.25) is 0 Å². The molecule has 0 N–H and O–H groups in total. The Kier molecular flexibility index (Phi) is 3.38. The molecule has 2 saturated heterocycles. The molecule has 98 valence electrons. The van der Waals surface area contributed by atoms with Crippen LogP contribution in [0, 0.1) is 0 Å². The number of thiophene rings is 1. The van der Waals surface area contributed by atoms with Crippen LogP contribution in [0.3, 0.4) is 0 Å². The molecule has 0 spiro atoms. The van der Waals surface area contributed by atoms with E-state index in [4.69, 9.17) is 0 Å². The third kappa shape index (κ3) is 2.19. The summed E-state index contributed by atoms with van der Waals surface area (Å²) in [6.45, 7) is 1.77. The van der Waals surface area contributed by atoms with Gasteiger partial charge in [0.1, 0.15) is 0 Å². The standard InChI is InChI=1S/C13H18N2OS2/c1-14-9-2-3-10(14)7-15(5-4-9)13(16)12-6-11(17)8-18-12/h6,8-10,17H,2-5,7H2,1H3. The molecular formula is C13H18N2OS2. The van der Waals surface area contributed by atoms with Crippen LogP contribution in [0.25, 0.3) is 0 Å². The van der Waals surface area contributed by atoms with Crippen LogP contribution in [0.15, 0.2) is 16.3 Å². The molecule has 0 aliphatic carbocycles. The number of thiol groups is 1. The molecule has 2 bridgehead atoms. The molecule has 0 radical (unpaired) electrons. The number of fused-ring (bicyclic) bond motifs is 2. The van der Waals surface area contributed by atoms with Gasteiger partial charge in [-0.2, -0.15) is 0 Å². The maximum Gasteiger partial charge on any atom is 0.264 e. The first-order valence-electron chi connectivity index (χ1n) is 6.44. The maximum atomic E-state index is 12.4. The van der Waals surface area contributed by atoms with E-state index >= 15 is 0 Å². The topological polar surface area (TPSA) is 23.6 Å². The average Bonchev–Trinajstić information content (AvgIpc) is 2.84. The van der Waals surface area contributed by atoms with E-state index in [1.165, 1.54) is 24.2 Å². The van der Waals surface area contributed by atoms with Crippen LogP contribution in [0.1, 0.15) is 28.9 Å². The van der Waals surface area contributed by atoms with E-state index in [9.17, 15) is 4.79 Å². The molecule has 2 unspecified atom stereocenters. The highest BCUT2D eigenvalue weighted by Crippen LogP contribution is 2.29. The fourth-order valence-electron chi connectivity index (χ4n) is 3.09. The third-order valence-electron chi connectivity index (χ3n) is 4.23. The quantitative estimate of drug-likeness (QED) is 0.799. The van der Waals surface area contributed by atoms with Gasteiger partial charge in [-0.3, -0.25) is 9.69 Å². The van der Waals surface area contributed by atoms with Crippen molar-refractivity contribution in [1.29, 1.82) is 0 Å². The Morgan fingerprint density at radius 3 is 2.89 bits per heavy atom. The SMILES string of the molecule is CN1C2CCC1CN(C(=O)c1cc(S)cs1)CC2. The van der Waals surface area contributed by atoms with E-state index in [1.54, 1.807) is 0 Å². The van der Waals surface area contributed by atoms with E-state index in [1.807, 2.05) is 16.3 Å². The first-order valence-corrected chi connectivity index (χ1v) is 7.76. The summed E-state index contributed by atoms with van der Waals surface area (Å²) in [5, 5.41) is 1.92. The third-order valence-corrected chi connectivity index (χ3v) is 5.58. The number of carbonyl (C=O) groups is 1. The molecule has 2 aliphatic rings. The average molecular weight is 282 g/mol. The van der Waals surface area contributed by atoms with Gasteiger partial charge in [-0.1, -0.05) is 0 Å². The van der Waals surface area contributed by atoms with Crippen molar-refractivity contribution >= 4 is 29.9 Å². The summed E-state index contributed by atoms with van der Waals surface area (Å²) < 4.78 is 0. The summed E-state index contributed by atoms with van der Waals surface area (Å²) in [5.41, 5.74) is 0. The van der Waals surface area contributed by atoms with Crippen LogP contribution in [-0.4, -0.2) is 47.9 Å². The van der Waals surface area contributed by atoms with E-state index in [0.29, 0.717) is 12.1 Å². The lowest BCUT2D eigenvalue weighted by Crippen LogP contribution is -2.39. The molecule has 1 amide bonds. The normalized spacial score (nSPS) is 28.4. The monoisotopic (exact) mass is 282 g/mol. The lowest BCUT2D eigenvalue weighted by atomic mass is 10.1. The number of carbonyl (C=O) groups excluding carboxylic acids is 1. The maximum absolute atomic E-state index is 12.4. The predicted molar refractivity (Wildman–Crippen MR) is 76.7 cm³/mol. The highest BCUT2D eigenvalue weighted by Gasteiger charge is 2.36. The minimum Gasteiger partial charge on any atom is -0.336 e. The molecule has 0 saturated carbocycles. The van der Waals surface area contributed by atoms with Gasteiger partial charge in [0.05, 0.1) is 4.88 Å². The van der Waals surface area contributed by atoms with Crippen LogP contribution in [-0.2, 0) is 0 Å². The van der Waals surface area contributed by atoms with Gasteiger partial charge in [-0.05, 0) is 32.4 Å². The summed E-state index contributed by atoms with van der Waals surface area (Å²) in [5.74, 6) is 0.182. The largest absolute Gasteiger partial charge is 0.336 e. The summed E-state index contributed by atoms with van der Waals surface area (Å²) in [6.07, 6.45) is 3.63. The van der Waals surface area contributed by atoms with Crippen molar-refractivity contribution in [1.82, 2.24) is 9.80 Å². The Hall–Kier alpha value is -0.520. The van der Waals surface area contributed by atoms with Crippen molar-refractivity contribution in [2.45, 2.75) is 36.2 Å². The first-order chi connectivity index (χ1) is 8.65. The minimum absolute atomic E-state index is 0.182. The van der Waals surface area contributed by atoms with Gasteiger partial charge in [0, 0.05) is 35.4 Å². The first kappa shape index (κ1) is 12.5. The van der Waals surface area contributed by atoms with Crippen LogP contribution in [0.4, 0.5) is 0 Å². The van der Waals surface area contributed by atoms with Crippen LogP contribution < -0.4 is 0 Å². The number of rotatable bonds is 1. The Labute approximate surface area is 117 Å². The molecule has 2 fully saturated rings. The summed E-state index contributed by atoms with van der Waals surface area (Å²) >= 11 is 5.77. The lowest BCUT2D eigenvalue weighted by Gasteiger charge is -2.25. The van der Waals surface area contributed by atoms with Crippen LogP contribution in [0.2, 0.25) is 0 Å². The highest BCUT2D eigenvalue weighted by molar-refractivity contribution is 7.80.